The van der Waals surface area contributed by atoms with E-state index in [1.807, 2.05) is 54.6 Å². The third kappa shape index (κ3) is 5.54. The van der Waals surface area contributed by atoms with E-state index >= 15 is 0 Å². The number of halogens is 2. The summed E-state index contributed by atoms with van der Waals surface area (Å²) in [4.78, 5) is 14.9. The van der Waals surface area contributed by atoms with E-state index in [2.05, 4.69) is 0 Å². The first-order valence-corrected chi connectivity index (χ1v) is 12.3. The second kappa shape index (κ2) is 10.9. The molecule has 0 saturated carbocycles. The number of anilines is 1. The van der Waals surface area contributed by atoms with Crippen molar-refractivity contribution in [2.45, 2.75) is 31.6 Å². The molecule has 1 heterocycles. The maximum Gasteiger partial charge on any atom is 0.233 e. The number of aliphatic hydroxyl groups excluding tert-OH is 1. The normalized spacial score (nSPS) is 17.8. The van der Waals surface area contributed by atoms with Crippen molar-refractivity contribution in [2.24, 2.45) is 5.92 Å². The van der Waals surface area contributed by atoms with E-state index in [-0.39, 0.29) is 29.5 Å². The zero-order valence-electron chi connectivity index (χ0n) is 20.1. The van der Waals surface area contributed by atoms with E-state index in [1.165, 1.54) is 24.3 Å². The highest BCUT2D eigenvalue weighted by Gasteiger charge is 2.48. The van der Waals surface area contributed by atoms with Crippen LogP contribution in [0.1, 0.15) is 41.7 Å². The van der Waals surface area contributed by atoms with E-state index < -0.39 is 6.10 Å². The van der Waals surface area contributed by atoms with Gasteiger partial charge in [0, 0.05) is 5.69 Å². The summed E-state index contributed by atoms with van der Waals surface area (Å²) in [7, 11) is 0. The molecule has 6 heteroatoms. The Morgan fingerprint density at radius 1 is 0.811 bits per heavy atom. The topological polar surface area (TPSA) is 49.8 Å². The fourth-order valence-corrected chi connectivity index (χ4v) is 4.79. The van der Waals surface area contributed by atoms with Gasteiger partial charge < -0.3 is 14.7 Å². The molecule has 0 bridgehead atoms. The molecule has 4 aromatic rings. The molecule has 0 aromatic heterocycles. The van der Waals surface area contributed by atoms with Gasteiger partial charge >= 0.3 is 0 Å². The molecule has 1 N–H and O–H groups in total. The van der Waals surface area contributed by atoms with Gasteiger partial charge in [0.05, 0.1) is 18.1 Å². The van der Waals surface area contributed by atoms with Crippen LogP contribution in [0.3, 0.4) is 0 Å². The fourth-order valence-electron chi connectivity index (χ4n) is 4.79. The van der Waals surface area contributed by atoms with Gasteiger partial charge in [-0.05, 0) is 78.1 Å². The SMILES string of the molecule is O=C1C(CC[C@@H](O)c2ccc(F)cc2)[C@@H](c2ccc(OCc3ccccc3)cc2)N1c1ccc(F)cc1. The Labute approximate surface area is 214 Å². The quantitative estimate of drug-likeness (QED) is 0.259. The molecule has 1 amide bonds. The van der Waals surface area contributed by atoms with Gasteiger partial charge in [0.15, 0.2) is 0 Å². The van der Waals surface area contributed by atoms with Crippen molar-refractivity contribution in [1.29, 1.82) is 0 Å². The zero-order valence-corrected chi connectivity index (χ0v) is 20.1. The molecule has 4 nitrogen and oxygen atoms in total. The van der Waals surface area contributed by atoms with Crippen LogP contribution in [0.2, 0.25) is 0 Å². The molecular weight excluding hydrogens is 472 g/mol. The number of ether oxygens (including phenoxy) is 1. The van der Waals surface area contributed by atoms with E-state index in [9.17, 15) is 18.7 Å². The van der Waals surface area contributed by atoms with Gasteiger partial charge in [0.2, 0.25) is 5.91 Å². The van der Waals surface area contributed by atoms with Crippen LogP contribution in [0.5, 0.6) is 5.75 Å². The monoisotopic (exact) mass is 499 g/mol. The number of benzene rings is 4. The summed E-state index contributed by atoms with van der Waals surface area (Å²) in [5.74, 6) is -0.443. The molecule has 5 rings (SSSR count). The Morgan fingerprint density at radius 3 is 2.08 bits per heavy atom. The Bertz CT molecular complexity index is 1330. The molecule has 188 valence electrons. The lowest BCUT2D eigenvalue weighted by Gasteiger charge is -2.48. The fraction of sp³-hybridized carbons (Fsp3) is 0.194. The number of carbonyl (C=O) groups is 1. The third-order valence-corrected chi connectivity index (χ3v) is 6.79. The molecule has 1 aliphatic rings. The molecule has 1 aliphatic heterocycles. The number of hydrogen-bond donors (Lipinski definition) is 1. The highest BCUT2D eigenvalue weighted by atomic mass is 19.1. The van der Waals surface area contributed by atoms with Gasteiger partial charge in [0.25, 0.3) is 0 Å². The molecule has 4 aromatic carbocycles. The molecule has 0 aliphatic carbocycles. The number of carbonyl (C=O) groups excluding carboxylic acids is 1. The van der Waals surface area contributed by atoms with E-state index in [4.69, 9.17) is 4.74 Å². The number of nitrogens with zero attached hydrogens (tertiary/aromatic N) is 1. The predicted molar refractivity (Wildman–Crippen MR) is 138 cm³/mol. The van der Waals surface area contributed by atoms with Crippen LogP contribution in [0.25, 0.3) is 0 Å². The average molecular weight is 500 g/mol. The smallest absolute Gasteiger partial charge is 0.233 e. The van der Waals surface area contributed by atoms with Crippen LogP contribution in [0.15, 0.2) is 103 Å². The predicted octanol–water partition coefficient (Wildman–Crippen LogP) is 6.76. The lowest BCUT2D eigenvalue weighted by atomic mass is 9.78. The Hall–Kier alpha value is -4.03. The minimum atomic E-state index is -0.803. The lowest BCUT2D eigenvalue weighted by Crippen LogP contribution is -2.55. The highest BCUT2D eigenvalue weighted by molar-refractivity contribution is 6.03. The van der Waals surface area contributed by atoms with Crippen molar-refractivity contribution in [2.75, 3.05) is 4.90 Å². The van der Waals surface area contributed by atoms with Gasteiger partial charge in [0.1, 0.15) is 24.0 Å². The summed E-state index contributed by atoms with van der Waals surface area (Å²) in [5, 5.41) is 10.6. The number of rotatable bonds is 9. The molecule has 1 fully saturated rings. The van der Waals surface area contributed by atoms with Crippen LogP contribution in [0, 0.1) is 17.6 Å². The van der Waals surface area contributed by atoms with Crippen LogP contribution < -0.4 is 9.64 Å². The molecule has 37 heavy (non-hydrogen) atoms. The molecule has 0 spiro atoms. The minimum Gasteiger partial charge on any atom is -0.489 e. The van der Waals surface area contributed by atoms with E-state index in [1.54, 1.807) is 29.2 Å². The summed E-state index contributed by atoms with van der Waals surface area (Å²) < 4.78 is 32.7. The Kier molecular flexibility index (Phi) is 7.28. The van der Waals surface area contributed by atoms with Crippen molar-refractivity contribution in [3.63, 3.8) is 0 Å². The van der Waals surface area contributed by atoms with Crippen LogP contribution in [-0.4, -0.2) is 11.0 Å². The third-order valence-electron chi connectivity index (χ3n) is 6.79. The molecule has 1 saturated heterocycles. The van der Waals surface area contributed by atoms with Crippen LogP contribution in [0.4, 0.5) is 14.5 Å². The van der Waals surface area contributed by atoms with E-state index in [0.717, 1.165) is 16.9 Å². The zero-order chi connectivity index (χ0) is 25.8. The van der Waals surface area contributed by atoms with Crippen LogP contribution in [-0.2, 0) is 11.4 Å². The maximum absolute atomic E-state index is 13.5. The first-order valence-electron chi connectivity index (χ1n) is 12.3. The summed E-state index contributed by atoms with van der Waals surface area (Å²) in [6.45, 7) is 0.452. The molecule has 1 unspecified atom stereocenters. The summed E-state index contributed by atoms with van der Waals surface area (Å²) >= 11 is 0. The second-order valence-corrected chi connectivity index (χ2v) is 9.22. The Balaban J connectivity index is 1.32. The van der Waals surface area contributed by atoms with Gasteiger partial charge in [-0.3, -0.25) is 4.79 Å². The van der Waals surface area contributed by atoms with Crippen molar-refractivity contribution < 1.29 is 23.4 Å². The van der Waals surface area contributed by atoms with Gasteiger partial charge in [-0.1, -0.05) is 54.6 Å². The van der Waals surface area contributed by atoms with Crippen molar-refractivity contribution in [3.8, 4) is 5.75 Å². The van der Waals surface area contributed by atoms with Gasteiger partial charge in [-0.25, -0.2) is 8.78 Å². The van der Waals surface area contributed by atoms with Crippen LogP contribution >= 0.6 is 0 Å². The van der Waals surface area contributed by atoms with Gasteiger partial charge in [-0.2, -0.15) is 0 Å². The van der Waals surface area contributed by atoms with Crippen molar-refractivity contribution in [1.82, 2.24) is 0 Å². The molecule has 0 radical (unpaired) electrons. The number of amides is 1. The first kappa shape index (κ1) is 24.7. The van der Waals surface area contributed by atoms with Crippen molar-refractivity contribution in [3.05, 3.63) is 131 Å². The summed E-state index contributed by atoms with van der Waals surface area (Å²) in [6.07, 6.45) is 0.00255. The standard InChI is InChI=1S/C31H27F2NO3/c32-24-10-6-22(7-11-24)29(35)19-18-28-30(34(31(28)36)26-14-12-25(33)13-15-26)23-8-16-27(17-9-23)37-20-21-4-2-1-3-5-21/h1-17,28-30,35H,18-20H2/t28?,29-,30-/m1/s1. The minimum absolute atomic E-state index is 0.0766. The average Bonchev–Trinajstić information content (AvgIpc) is 2.93. The number of β-lactam (4-membered cyclic amide) rings is 1. The van der Waals surface area contributed by atoms with Gasteiger partial charge in [-0.15, -0.1) is 0 Å². The maximum atomic E-state index is 13.5. The largest absolute Gasteiger partial charge is 0.489 e. The summed E-state index contributed by atoms with van der Waals surface area (Å²) in [6, 6.07) is 28.9. The summed E-state index contributed by atoms with van der Waals surface area (Å²) in [5.41, 5.74) is 3.23. The second-order valence-electron chi connectivity index (χ2n) is 9.22. The molecule has 3 atom stereocenters. The number of hydrogen-bond acceptors (Lipinski definition) is 3. The Morgan fingerprint density at radius 2 is 1.43 bits per heavy atom. The highest BCUT2D eigenvalue weighted by Crippen LogP contribution is 2.46. The number of aliphatic hydroxyl groups is 1. The lowest BCUT2D eigenvalue weighted by molar-refractivity contribution is -0.131. The first-order chi connectivity index (χ1) is 18.0. The van der Waals surface area contributed by atoms with Crippen molar-refractivity contribution >= 4 is 11.6 Å². The van der Waals surface area contributed by atoms with E-state index in [0.29, 0.717) is 30.7 Å². The molecular formula is C31H27F2NO3.